The average molecular weight is 326 g/mol. The summed E-state index contributed by atoms with van der Waals surface area (Å²) in [4.78, 5) is 26.8. The minimum absolute atomic E-state index is 0.00819. The first-order valence-electron chi connectivity index (χ1n) is 8.59. The van der Waals surface area contributed by atoms with Crippen molar-refractivity contribution in [1.29, 1.82) is 0 Å². The topological polar surface area (TPSA) is 51.5 Å². The molecule has 2 aromatic rings. The Hall–Kier alpha value is -2.14. The van der Waals surface area contributed by atoms with Crippen LogP contribution >= 0.6 is 0 Å². The Morgan fingerprint density at radius 3 is 2.58 bits per heavy atom. The third kappa shape index (κ3) is 2.53. The number of aromatic nitrogens is 1. The van der Waals surface area contributed by atoms with Gasteiger partial charge in [-0.05, 0) is 38.3 Å². The molecule has 2 aliphatic rings. The SMILES string of the molecule is Cc1cc(=O)c2ccccc2n1CC(=O)N1CCC2(CCO2)CC1. The van der Waals surface area contributed by atoms with E-state index in [4.69, 9.17) is 4.74 Å². The van der Waals surface area contributed by atoms with Gasteiger partial charge in [-0.1, -0.05) is 12.1 Å². The van der Waals surface area contributed by atoms with Crippen LogP contribution in [0.1, 0.15) is 25.0 Å². The molecule has 2 saturated heterocycles. The number of amides is 1. The van der Waals surface area contributed by atoms with Crippen molar-refractivity contribution in [1.82, 2.24) is 9.47 Å². The highest BCUT2D eigenvalue weighted by Gasteiger charge is 2.41. The molecule has 3 heterocycles. The Bertz CT molecular complexity index is 841. The number of carbonyl (C=O) groups excluding carboxylic acids is 1. The van der Waals surface area contributed by atoms with Crippen molar-refractivity contribution in [2.75, 3.05) is 19.7 Å². The van der Waals surface area contributed by atoms with Gasteiger partial charge >= 0.3 is 0 Å². The van der Waals surface area contributed by atoms with Crippen molar-refractivity contribution in [3.8, 4) is 0 Å². The first-order chi connectivity index (χ1) is 11.6. The number of likely N-dealkylation sites (tertiary alicyclic amines) is 1. The number of rotatable bonds is 2. The van der Waals surface area contributed by atoms with E-state index in [0.29, 0.717) is 5.39 Å². The average Bonchev–Trinajstić information content (AvgIpc) is 2.57. The summed E-state index contributed by atoms with van der Waals surface area (Å²) in [6.07, 6.45) is 2.99. The van der Waals surface area contributed by atoms with E-state index in [1.54, 1.807) is 6.07 Å². The van der Waals surface area contributed by atoms with E-state index in [1.807, 2.05) is 40.7 Å². The number of fused-ring (bicyclic) bond motifs is 1. The fourth-order valence-electron chi connectivity index (χ4n) is 3.85. The molecule has 0 radical (unpaired) electrons. The van der Waals surface area contributed by atoms with E-state index < -0.39 is 0 Å². The lowest BCUT2D eigenvalue weighted by atomic mass is 9.84. The maximum atomic E-state index is 12.8. The smallest absolute Gasteiger partial charge is 0.242 e. The van der Waals surface area contributed by atoms with Crippen LogP contribution in [0.15, 0.2) is 35.1 Å². The van der Waals surface area contributed by atoms with E-state index >= 15 is 0 Å². The lowest BCUT2D eigenvalue weighted by Crippen LogP contribution is -2.53. The van der Waals surface area contributed by atoms with Gasteiger partial charge in [0.05, 0.1) is 17.7 Å². The zero-order chi connectivity index (χ0) is 16.7. The maximum Gasteiger partial charge on any atom is 0.242 e. The quantitative estimate of drug-likeness (QED) is 0.849. The zero-order valence-electron chi connectivity index (χ0n) is 14.0. The number of pyridine rings is 1. The van der Waals surface area contributed by atoms with Crippen LogP contribution in [0.5, 0.6) is 0 Å². The number of hydrogen-bond donors (Lipinski definition) is 0. The summed E-state index contributed by atoms with van der Waals surface area (Å²) < 4.78 is 7.67. The third-order valence-corrected chi connectivity index (χ3v) is 5.51. The second-order valence-corrected chi connectivity index (χ2v) is 6.92. The second-order valence-electron chi connectivity index (χ2n) is 6.92. The Morgan fingerprint density at radius 1 is 1.21 bits per heavy atom. The van der Waals surface area contributed by atoms with Crippen LogP contribution in [0.2, 0.25) is 0 Å². The minimum atomic E-state index is 0.00819. The summed E-state index contributed by atoms with van der Waals surface area (Å²) in [5.41, 5.74) is 1.71. The maximum absolute atomic E-state index is 12.8. The van der Waals surface area contributed by atoms with Crippen molar-refractivity contribution in [3.05, 3.63) is 46.2 Å². The van der Waals surface area contributed by atoms with Gasteiger partial charge in [-0.3, -0.25) is 9.59 Å². The molecule has 5 nitrogen and oxygen atoms in total. The van der Waals surface area contributed by atoms with Gasteiger partial charge in [0, 0.05) is 30.2 Å². The molecule has 1 amide bonds. The first kappa shape index (κ1) is 15.4. The highest BCUT2D eigenvalue weighted by Crippen LogP contribution is 2.36. The molecule has 1 aromatic heterocycles. The van der Waals surface area contributed by atoms with Crippen LogP contribution in [0.3, 0.4) is 0 Å². The molecule has 24 heavy (non-hydrogen) atoms. The fourth-order valence-corrected chi connectivity index (χ4v) is 3.85. The molecule has 126 valence electrons. The molecule has 5 heteroatoms. The molecular weight excluding hydrogens is 304 g/mol. The molecule has 2 fully saturated rings. The molecule has 1 aromatic carbocycles. The number of nitrogens with zero attached hydrogens (tertiary/aromatic N) is 2. The third-order valence-electron chi connectivity index (χ3n) is 5.51. The Labute approximate surface area is 140 Å². The predicted octanol–water partition coefficient (Wildman–Crippen LogP) is 2.09. The van der Waals surface area contributed by atoms with Gasteiger partial charge in [0.25, 0.3) is 0 Å². The van der Waals surface area contributed by atoms with Crippen LogP contribution in [0.4, 0.5) is 0 Å². The normalized spacial score (nSPS) is 19.5. The molecule has 0 aliphatic carbocycles. The van der Waals surface area contributed by atoms with Crippen LogP contribution in [-0.2, 0) is 16.1 Å². The lowest BCUT2D eigenvalue weighted by Gasteiger charge is -2.47. The number of piperidine rings is 1. The van der Waals surface area contributed by atoms with E-state index in [1.165, 1.54) is 0 Å². The number of hydrogen-bond acceptors (Lipinski definition) is 3. The van der Waals surface area contributed by atoms with Crippen LogP contribution in [-0.4, -0.2) is 40.7 Å². The van der Waals surface area contributed by atoms with Gasteiger partial charge in [0.15, 0.2) is 5.43 Å². The number of ether oxygens (including phenoxy) is 1. The van der Waals surface area contributed by atoms with E-state index in [-0.39, 0.29) is 23.5 Å². The first-order valence-corrected chi connectivity index (χ1v) is 8.59. The Morgan fingerprint density at radius 2 is 1.92 bits per heavy atom. The molecule has 1 spiro atoms. The monoisotopic (exact) mass is 326 g/mol. The highest BCUT2D eigenvalue weighted by atomic mass is 16.5. The summed E-state index contributed by atoms with van der Waals surface area (Å²) >= 11 is 0. The molecule has 2 aliphatic heterocycles. The van der Waals surface area contributed by atoms with Crippen LogP contribution < -0.4 is 5.43 Å². The predicted molar refractivity (Wildman–Crippen MR) is 92.1 cm³/mol. The Kier molecular flexibility index (Phi) is 3.68. The number of aryl methyl sites for hydroxylation is 1. The van der Waals surface area contributed by atoms with Gasteiger partial charge in [-0.15, -0.1) is 0 Å². The second kappa shape index (κ2) is 5.74. The van der Waals surface area contributed by atoms with Gasteiger partial charge in [0.2, 0.25) is 5.91 Å². The van der Waals surface area contributed by atoms with Gasteiger partial charge in [0.1, 0.15) is 6.54 Å². The molecule has 0 N–H and O–H groups in total. The van der Waals surface area contributed by atoms with Crippen molar-refractivity contribution in [3.63, 3.8) is 0 Å². The molecule has 0 saturated carbocycles. The van der Waals surface area contributed by atoms with Crippen LogP contribution in [0.25, 0.3) is 10.9 Å². The van der Waals surface area contributed by atoms with Crippen molar-refractivity contribution < 1.29 is 9.53 Å². The van der Waals surface area contributed by atoms with Crippen LogP contribution in [0, 0.1) is 6.92 Å². The van der Waals surface area contributed by atoms with E-state index in [0.717, 1.165) is 50.2 Å². The molecule has 0 bridgehead atoms. The summed E-state index contributed by atoms with van der Waals surface area (Å²) in [5, 5.41) is 0.663. The van der Waals surface area contributed by atoms with Crippen molar-refractivity contribution >= 4 is 16.8 Å². The molecular formula is C19H22N2O3. The highest BCUT2D eigenvalue weighted by molar-refractivity contribution is 5.82. The van der Waals surface area contributed by atoms with Gasteiger partial charge in [-0.2, -0.15) is 0 Å². The van der Waals surface area contributed by atoms with E-state index in [9.17, 15) is 9.59 Å². The summed E-state index contributed by atoms with van der Waals surface area (Å²) in [6.45, 7) is 4.54. The largest absolute Gasteiger partial charge is 0.375 e. The van der Waals surface area contributed by atoms with Gasteiger partial charge < -0.3 is 14.2 Å². The lowest BCUT2D eigenvalue weighted by molar-refractivity contribution is -0.176. The van der Waals surface area contributed by atoms with Crippen molar-refractivity contribution in [2.24, 2.45) is 0 Å². The number of carbonyl (C=O) groups is 1. The zero-order valence-corrected chi connectivity index (χ0v) is 14.0. The van der Waals surface area contributed by atoms with Crippen molar-refractivity contribution in [2.45, 2.75) is 38.3 Å². The van der Waals surface area contributed by atoms with Gasteiger partial charge in [-0.25, -0.2) is 0 Å². The number of para-hydroxylation sites is 1. The Balaban J connectivity index is 1.56. The molecule has 4 rings (SSSR count). The summed E-state index contributed by atoms with van der Waals surface area (Å²) in [5.74, 6) is 0.112. The fraction of sp³-hybridized carbons (Fsp3) is 0.474. The summed E-state index contributed by atoms with van der Waals surface area (Å²) in [7, 11) is 0. The van der Waals surface area contributed by atoms with E-state index in [2.05, 4.69) is 0 Å². The molecule has 0 unspecified atom stereocenters. The molecule has 0 atom stereocenters. The summed E-state index contributed by atoms with van der Waals surface area (Å²) in [6, 6.07) is 9.10. The standard InChI is InChI=1S/C19H22N2O3/c1-14-12-17(22)15-4-2-3-5-16(15)21(14)13-18(23)20-9-6-19(7-10-20)8-11-24-19/h2-5,12H,6-11,13H2,1H3. The number of benzene rings is 1. The minimum Gasteiger partial charge on any atom is -0.375 e.